The van der Waals surface area contributed by atoms with Crippen LogP contribution in [0.5, 0.6) is 0 Å². The smallest absolute Gasteiger partial charge is 0.309 e. The van der Waals surface area contributed by atoms with Crippen molar-refractivity contribution in [2.45, 2.75) is 13.3 Å². The second kappa shape index (κ2) is 7.16. The zero-order chi connectivity index (χ0) is 9.40. The van der Waals surface area contributed by atoms with Gasteiger partial charge >= 0.3 is 5.97 Å². The van der Waals surface area contributed by atoms with Crippen molar-refractivity contribution in [2.75, 3.05) is 19.0 Å². The number of hydrogen-bond donors (Lipinski definition) is 0. The largest absolute Gasteiger partial charge is 0.501 e. The van der Waals surface area contributed by atoms with Crippen LogP contribution in [0.3, 0.4) is 0 Å². The van der Waals surface area contributed by atoms with Gasteiger partial charge < -0.3 is 9.47 Å². The highest BCUT2D eigenvalue weighted by Gasteiger charge is 1.99. The Morgan fingerprint density at radius 2 is 2.25 bits per heavy atom. The van der Waals surface area contributed by atoms with Gasteiger partial charge in [0.05, 0.1) is 25.5 Å². The fraction of sp³-hybridized carbons (Fsp3) is 0.625. The topological polar surface area (TPSA) is 35.5 Å². The third-order valence-electron chi connectivity index (χ3n) is 1.20. The van der Waals surface area contributed by atoms with E-state index in [0.717, 1.165) is 5.76 Å². The zero-order valence-electron chi connectivity index (χ0n) is 7.30. The van der Waals surface area contributed by atoms with E-state index in [0.29, 0.717) is 11.9 Å². The molecule has 0 radical (unpaired) electrons. The lowest BCUT2D eigenvalue weighted by Gasteiger charge is -2.01. The summed E-state index contributed by atoms with van der Waals surface area (Å²) in [6.07, 6.45) is 1.97. The van der Waals surface area contributed by atoms with E-state index in [1.807, 2.05) is 0 Å². The number of alkyl halides is 1. The molecule has 4 heteroatoms. The SMILES string of the molecule is CCOC(=O)C/C=C(/CBr)OC. The third-order valence-corrected chi connectivity index (χ3v) is 1.75. The van der Waals surface area contributed by atoms with Crippen LogP contribution in [-0.2, 0) is 14.3 Å². The standard InChI is InChI=1S/C8H13BrO3/c1-3-12-8(10)5-4-7(6-9)11-2/h4H,3,5-6H2,1-2H3/b7-4-. The molecule has 0 aliphatic heterocycles. The maximum absolute atomic E-state index is 10.8. The Labute approximate surface area is 80.9 Å². The van der Waals surface area contributed by atoms with E-state index in [-0.39, 0.29) is 12.4 Å². The Morgan fingerprint density at radius 1 is 1.58 bits per heavy atom. The average molecular weight is 237 g/mol. The number of esters is 1. The molecule has 0 unspecified atom stereocenters. The fourth-order valence-electron chi connectivity index (χ4n) is 0.610. The van der Waals surface area contributed by atoms with Crippen molar-refractivity contribution >= 4 is 21.9 Å². The highest BCUT2D eigenvalue weighted by Crippen LogP contribution is 2.02. The molecule has 3 nitrogen and oxygen atoms in total. The van der Waals surface area contributed by atoms with E-state index >= 15 is 0 Å². The first-order valence-corrected chi connectivity index (χ1v) is 4.81. The lowest BCUT2D eigenvalue weighted by molar-refractivity contribution is -0.142. The van der Waals surface area contributed by atoms with E-state index in [1.54, 1.807) is 20.1 Å². The van der Waals surface area contributed by atoms with Gasteiger partial charge in [0.25, 0.3) is 0 Å². The van der Waals surface area contributed by atoms with Crippen LogP contribution in [0, 0.1) is 0 Å². The molecule has 0 N–H and O–H groups in total. The minimum Gasteiger partial charge on any atom is -0.501 e. The quantitative estimate of drug-likeness (QED) is 0.416. The van der Waals surface area contributed by atoms with Gasteiger partial charge in [-0.2, -0.15) is 0 Å². The normalized spacial score (nSPS) is 11.1. The molecule has 0 atom stereocenters. The number of rotatable bonds is 5. The Morgan fingerprint density at radius 3 is 2.67 bits per heavy atom. The third kappa shape index (κ3) is 5.18. The molecule has 0 rings (SSSR count). The molecule has 0 bridgehead atoms. The average Bonchev–Trinajstić information content (AvgIpc) is 2.07. The van der Waals surface area contributed by atoms with Crippen molar-refractivity contribution in [1.29, 1.82) is 0 Å². The molecule has 0 aromatic carbocycles. The highest BCUT2D eigenvalue weighted by atomic mass is 79.9. The minimum atomic E-state index is -0.229. The van der Waals surface area contributed by atoms with Gasteiger partial charge in [0.1, 0.15) is 5.76 Å². The van der Waals surface area contributed by atoms with Crippen molar-refractivity contribution in [2.24, 2.45) is 0 Å². The van der Waals surface area contributed by atoms with Crippen molar-refractivity contribution in [3.05, 3.63) is 11.8 Å². The summed E-state index contributed by atoms with van der Waals surface area (Å²) in [5, 5.41) is 0.614. The first kappa shape index (κ1) is 11.5. The van der Waals surface area contributed by atoms with Crippen LogP contribution in [-0.4, -0.2) is 25.0 Å². The number of hydrogen-bond acceptors (Lipinski definition) is 3. The number of carbonyl (C=O) groups excluding carboxylic acids is 1. The molecule has 0 aromatic rings. The summed E-state index contributed by atoms with van der Waals surface area (Å²) >= 11 is 3.22. The molecule has 0 heterocycles. The maximum atomic E-state index is 10.8. The van der Waals surface area contributed by atoms with Crippen molar-refractivity contribution in [3.8, 4) is 0 Å². The van der Waals surface area contributed by atoms with Gasteiger partial charge in [0.15, 0.2) is 0 Å². The summed E-state index contributed by atoms with van der Waals surface area (Å²) in [6.45, 7) is 2.20. The molecule has 70 valence electrons. The summed E-state index contributed by atoms with van der Waals surface area (Å²) in [7, 11) is 1.57. The van der Waals surface area contributed by atoms with Gasteiger partial charge in [0.2, 0.25) is 0 Å². The molecule has 0 saturated carbocycles. The Kier molecular flexibility index (Phi) is 6.85. The fourth-order valence-corrected chi connectivity index (χ4v) is 1.07. The van der Waals surface area contributed by atoms with Gasteiger partial charge in [-0.3, -0.25) is 4.79 Å². The zero-order valence-corrected chi connectivity index (χ0v) is 8.89. The van der Waals surface area contributed by atoms with E-state index < -0.39 is 0 Å². The van der Waals surface area contributed by atoms with Crippen LogP contribution < -0.4 is 0 Å². The van der Waals surface area contributed by atoms with Crippen LogP contribution in [0.1, 0.15) is 13.3 Å². The van der Waals surface area contributed by atoms with Crippen molar-refractivity contribution in [1.82, 2.24) is 0 Å². The first-order valence-electron chi connectivity index (χ1n) is 3.69. The van der Waals surface area contributed by atoms with E-state index in [9.17, 15) is 4.79 Å². The summed E-state index contributed by atoms with van der Waals surface area (Å²) < 4.78 is 9.66. The van der Waals surface area contributed by atoms with E-state index in [4.69, 9.17) is 9.47 Å². The molecule has 12 heavy (non-hydrogen) atoms. The van der Waals surface area contributed by atoms with Crippen LogP contribution in [0.25, 0.3) is 0 Å². The first-order chi connectivity index (χ1) is 5.74. The lowest BCUT2D eigenvalue weighted by atomic mass is 10.3. The van der Waals surface area contributed by atoms with Crippen LogP contribution in [0.15, 0.2) is 11.8 Å². The summed E-state index contributed by atoms with van der Waals surface area (Å²) in [6, 6.07) is 0. The molecule has 0 aromatic heterocycles. The number of methoxy groups -OCH3 is 1. The second-order valence-corrected chi connectivity index (χ2v) is 2.58. The summed E-state index contributed by atoms with van der Waals surface area (Å²) in [4.78, 5) is 10.8. The van der Waals surface area contributed by atoms with Crippen LogP contribution in [0.2, 0.25) is 0 Å². The predicted octanol–water partition coefficient (Wildman–Crippen LogP) is 1.86. The molecular formula is C8H13BrO3. The van der Waals surface area contributed by atoms with Gasteiger partial charge in [-0.1, -0.05) is 15.9 Å². The molecule has 0 fully saturated rings. The predicted molar refractivity (Wildman–Crippen MR) is 50.1 cm³/mol. The van der Waals surface area contributed by atoms with E-state index in [2.05, 4.69) is 15.9 Å². The Hall–Kier alpha value is -0.510. The van der Waals surface area contributed by atoms with Gasteiger partial charge in [-0.05, 0) is 13.0 Å². The molecule has 0 aliphatic carbocycles. The van der Waals surface area contributed by atoms with Crippen molar-refractivity contribution in [3.63, 3.8) is 0 Å². The van der Waals surface area contributed by atoms with Gasteiger partial charge in [-0.15, -0.1) is 0 Å². The van der Waals surface area contributed by atoms with Crippen LogP contribution >= 0.6 is 15.9 Å². The number of ether oxygens (including phenoxy) is 2. The lowest BCUT2D eigenvalue weighted by Crippen LogP contribution is -2.02. The Balaban J connectivity index is 3.76. The molecular weight excluding hydrogens is 224 g/mol. The van der Waals surface area contributed by atoms with E-state index in [1.165, 1.54) is 0 Å². The number of allylic oxidation sites excluding steroid dienone is 1. The highest BCUT2D eigenvalue weighted by molar-refractivity contribution is 9.09. The maximum Gasteiger partial charge on any atom is 0.309 e. The molecule has 0 aliphatic rings. The van der Waals surface area contributed by atoms with Gasteiger partial charge in [0, 0.05) is 0 Å². The van der Waals surface area contributed by atoms with Crippen LogP contribution in [0.4, 0.5) is 0 Å². The molecule has 0 saturated heterocycles. The molecule has 0 amide bonds. The van der Waals surface area contributed by atoms with Gasteiger partial charge in [-0.25, -0.2) is 0 Å². The monoisotopic (exact) mass is 236 g/mol. The summed E-state index contributed by atoms with van der Waals surface area (Å²) in [5.74, 6) is 0.510. The second-order valence-electron chi connectivity index (χ2n) is 2.02. The summed E-state index contributed by atoms with van der Waals surface area (Å²) in [5.41, 5.74) is 0. The number of carbonyl (C=O) groups is 1. The Bertz CT molecular complexity index is 160. The molecule has 0 spiro atoms. The van der Waals surface area contributed by atoms with Crippen molar-refractivity contribution < 1.29 is 14.3 Å². The minimum absolute atomic E-state index is 0.229. The number of halogens is 1.